The maximum Gasteiger partial charge on any atom is 0.251 e. The molecule has 2 fully saturated rings. The van der Waals surface area contributed by atoms with Crippen LogP contribution in [0.4, 0.5) is 5.69 Å². The fourth-order valence-electron chi connectivity index (χ4n) is 4.05. The van der Waals surface area contributed by atoms with Gasteiger partial charge in [0.2, 0.25) is 5.91 Å². The van der Waals surface area contributed by atoms with Crippen molar-refractivity contribution >= 4 is 17.5 Å². The number of amides is 2. The van der Waals surface area contributed by atoms with Gasteiger partial charge in [-0.05, 0) is 43.0 Å². The van der Waals surface area contributed by atoms with Gasteiger partial charge < -0.3 is 10.2 Å². The van der Waals surface area contributed by atoms with Crippen molar-refractivity contribution in [3.63, 3.8) is 0 Å². The summed E-state index contributed by atoms with van der Waals surface area (Å²) in [4.78, 5) is 26.4. The number of anilines is 1. The SMILES string of the molecule is O=C(NCC1(c2ccccc2)CCC1)c1cccc(N2CCCC2=O)c1. The lowest BCUT2D eigenvalue weighted by Gasteiger charge is -2.42. The van der Waals surface area contributed by atoms with Crippen LogP contribution < -0.4 is 10.2 Å². The Balaban J connectivity index is 1.46. The molecule has 0 spiro atoms. The Morgan fingerprint density at radius 2 is 1.85 bits per heavy atom. The van der Waals surface area contributed by atoms with Crippen LogP contribution in [0.5, 0.6) is 0 Å². The van der Waals surface area contributed by atoms with Crippen molar-refractivity contribution in [2.45, 2.75) is 37.5 Å². The van der Waals surface area contributed by atoms with E-state index >= 15 is 0 Å². The first kappa shape index (κ1) is 16.8. The van der Waals surface area contributed by atoms with Gasteiger partial charge in [-0.3, -0.25) is 9.59 Å². The van der Waals surface area contributed by atoms with Gasteiger partial charge in [-0.25, -0.2) is 0 Å². The van der Waals surface area contributed by atoms with Crippen LogP contribution in [0.15, 0.2) is 54.6 Å². The van der Waals surface area contributed by atoms with Gasteiger partial charge in [0.15, 0.2) is 0 Å². The molecule has 2 aromatic rings. The number of carbonyl (C=O) groups excluding carboxylic acids is 2. The zero-order chi connectivity index (χ0) is 18.0. The lowest BCUT2D eigenvalue weighted by Crippen LogP contribution is -2.45. The van der Waals surface area contributed by atoms with Gasteiger partial charge in [0.05, 0.1) is 0 Å². The zero-order valence-corrected chi connectivity index (χ0v) is 14.9. The molecule has 0 aromatic heterocycles. The second-order valence-electron chi connectivity index (χ2n) is 7.38. The molecule has 1 saturated heterocycles. The maximum atomic E-state index is 12.7. The van der Waals surface area contributed by atoms with E-state index in [4.69, 9.17) is 0 Å². The van der Waals surface area contributed by atoms with Gasteiger partial charge >= 0.3 is 0 Å². The summed E-state index contributed by atoms with van der Waals surface area (Å²) in [5.74, 6) is 0.0701. The molecule has 1 aliphatic heterocycles. The minimum atomic E-state index is -0.0688. The highest BCUT2D eigenvalue weighted by Gasteiger charge is 2.38. The van der Waals surface area contributed by atoms with Crippen LogP contribution in [0.25, 0.3) is 0 Å². The topological polar surface area (TPSA) is 49.4 Å². The Morgan fingerprint density at radius 3 is 2.50 bits per heavy atom. The van der Waals surface area contributed by atoms with Gasteiger partial charge in [-0.1, -0.05) is 42.8 Å². The average Bonchev–Trinajstić information content (AvgIpc) is 3.08. The number of carbonyl (C=O) groups is 2. The number of hydrogen-bond donors (Lipinski definition) is 1. The molecular weight excluding hydrogens is 324 g/mol. The first-order valence-corrected chi connectivity index (χ1v) is 9.42. The van der Waals surface area contributed by atoms with Crippen molar-refractivity contribution in [1.29, 1.82) is 0 Å². The standard InChI is InChI=1S/C22H24N2O2/c25-20-11-5-14-24(20)19-10-4-7-17(15-19)21(26)23-16-22(12-6-13-22)18-8-2-1-3-9-18/h1-4,7-10,15H,5-6,11-14,16H2,(H,23,26). The molecule has 1 heterocycles. The summed E-state index contributed by atoms with van der Waals surface area (Å²) < 4.78 is 0. The quantitative estimate of drug-likeness (QED) is 0.896. The van der Waals surface area contributed by atoms with Crippen molar-refractivity contribution in [2.24, 2.45) is 0 Å². The fraction of sp³-hybridized carbons (Fsp3) is 0.364. The minimum absolute atomic E-state index is 0.0688. The number of nitrogens with one attached hydrogen (secondary N) is 1. The van der Waals surface area contributed by atoms with E-state index in [-0.39, 0.29) is 17.2 Å². The Hall–Kier alpha value is -2.62. The average molecular weight is 348 g/mol. The molecule has 4 heteroatoms. The van der Waals surface area contributed by atoms with E-state index in [1.165, 1.54) is 12.0 Å². The summed E-state index contributed by atoms with van der Waals surface area (Å²) in [6.45, 7) is 1.39. The monoisotopic (exact) mass is 348 g/mol. The highest BCUT2D eigenvalue weighted by molar-refractivity contribution is 5.99. The third-order valence-electron chi connectivity index (χ3n) is 5.78. The normalized spacial score (nSPS) is 18.5. The molecule has 1 saturated carbocycles. The summed E-state index contributed by atoms with van der Waals surface area (Å²) in [5.41, 5.74) is 2.81. The van der Waals surface area contributed by atoms with Gasteiger partial charge in [-0.2, -0.15) is 0 Å². The lowest BCUT2D eigenvalue weighted by atomic mass is 9.64. The number of hydrogen-bond acceptors (Lipinski definition) is 2. The Bertz CT molecular complexity index is 812. The summed E-state index contributed by atoms with van der Waals surface area (Å²) in [6.07, 6.45) is 4.90. The third-order valence-corrected chi connectivity index (χ3v) is 5.78. The van der Waals surface area contributed by atoms with Crippen LogP contribution in [0.1, 0.15) is 48.0 Å². The van der Waals surface area contributed by atoms with E-state index in [1.54, 1.807) is 4.90 Å². The smallest absolute Gasteiger partial charge is 0.251 e. The number of nitrogens with zero attached hydrogens (tertiary/aromatic N) is 1. The molecule has 4 nitrogen and oxygen atoms in total. The van der Waals surface area contributed by atoms with Crippen LogP contribution in [0.3, 0.4) is 0 Å². The van der Waals surface area contributed by atoms with E-state index in [0.717, 1.165) is 31.5 Å². The molecule has 0 bridgehead atoms. The number of benzene rings is 2. The van der Waals surface area contributed by atoms with Crippen molar-refractivity contribution in [3.8, 4) is 0 Å². The minimum Gasteiger partial charge on any atom is -0.351 e. The highest BCUT2D eigenvalue weighted by Crippen LogP contribution is 2.43. The van der Waals surface area contributed by atoms with E-state index < -0.39 is 0 Å². The molecule has 1 aliphatic carbocycles. The Labute approximate surface area is 154 Å². The highest BCUT2D eigenvalue weighted by atomic mass is 16.2. The van der Waals surface area contributed by atoms with Crippen LogP contribution in [-0.2, 0) is 10.2 Å². The van der Waals surface area contributed by atoms with Crippen molar-refractivity contribution in [2.75, 3.05) is 18.0 Å². The van der Waals surface area contributed by atoms with E-state index in [9.17, 15) is 9.59 Å². The Kier molecular flexibility index (Phi) is 4.49. The van der Waals surface area contributed by atoms with Gasteiger partial charge in [0.25, 0.3) is 5.91 Å². The first-order valence-electron chi connectivity index (χ1n) is 9.42. The predicted octanol–water partition coefficient (Wildman–Crippen LogP) is 3.67. The molecule has 134 valence electrons. The lowest BCUT2D eigenvalue weighted by molar-refractivity contribution is -0.117. The van der Waals surface area contributed by atoms with Crippen LogP contribution >= 0.6 is 0 Å². The van der Waals surface area contributed by atoms with E-state index in [1.807, 2.05) is 30.3 Å². The molecule has 4 rings (SSSR count). The largest absolute Gasteiger partial charge is 0.351 e. The molecule has 26 heavy (non-hydrogen) atoms. The van der Waals surface area contributed by atoms with E-state index in [0.29, 0.717) is 18.5 Å². The van der Waals surface area contributed by atoms with Gasteiger partial charge in [0, 0.05) is 36.2 Å². The Morgan fingerprint density at radius 1 is 1.04 bits per heavy atom. The molecule has 2 aliphatic rings. The van der Waals surface area contributed by atoms with Gasteiger partial charge in [0.1, 0.15) is 0 Å². The second kappa shape index (κ2) is 6.94. The maximum absolute atomic E-state index is 12.7. The summed E-state index contributed by atoms with van der Waals surface area (Å²) in [5, 5.41) is 3.13. The third kappa shape index (κ3) is 3.12. The molecule has 0 unspecified atom stereocenters. The predicted molar refractivity (Wildman–Crippen MR) is 102 cm³/mol. The summed E-state index contributed by atoms with van der Waals surface area (Å²) >= 11 is 0. The molecule has 2 aromatic carbocycles. The van der Waals surface area contributed by atoms with Gasteiger partial charge in [-0.15, -0.1) is 0 Å². The molecular formula is C22H24N2O2. The summed E-state index contributed by atoms with van der Waals surface area (Å²) in [7, 11) is 0. The fourth-order valence-corrected chi connectivity index (χ4v) is 4.05. The zero-order valence-electron chi connectivity index (χ0n) is 14.9. The van der Waals surface area contributed by atoms with Crippen LogP contribution in [-0.4, -0.2) is 24.9 Å². The first-order chi connectivity index (χ1) is 12.7. The van der Waals surface area contributed by atoms with Crippen molar-refractivity contribution in [3.05, 3.63) is 65.7 Å². The van der Waals surface area contributed by atoms with Crippen LogP contribution in [0.2, 0.25) is 0 Å². The second-order valence-corrected chi connectivity index (χ2v) is 7.38. The molecule has 1 N–H and O–H groups in total. The number of rotatable bonds is 5. The van der Waals surface area contributed by atoms with Crippen molar-refractivity contribution in [1.82, 2.24) is 5.32 Å². The molecule has 2 amide bonds. The summed E-state index contributed by atoms with van der Waals surface area (Å²) in [6, 6.07) is 17.9. The van der Waals surface area contributed by atoms with Crippen LogP contribution in [0, 0.1) is 0 Å². The molecule has 0 radical (unpaired) electrons. The van der Waals surface area contributed by atoms with E-state index in [2.05, 4.69) is 29.6 Å². The molecule has 0 atom stereocenters. The van der Waals surface area contributed by atoms with Crippen molar-refractivity contribution < 1.29 is 9.59 Å².